The molecule has 5 nitrogen and oxygen atoms in total. The minimum atomic E-state index is -3.68. The summed E-state index contributed by atoms with van der Waals surface area (Å²) in [6.45, 7) is 3.33. The first kappa shape index (κ1) is 15.9. The number of nitrogens with one attached hydrogen (secondary N) is 1. The van der Waals surface area contributed by atoms with Crippen LogP contribution in [0.4, 0.5) is 0 Å². The van der Waals surface area contributed by atoms with Crippen LogP contribution in [0.1, 0.15) is 29.8 Å². The summed E-state index contributed by atoms with van der Waals surface area (Å²) < 4.78 is 27.5. The Balaban J connectivity index is 2.23. The standard InChI is InChI=1S/C13H12ClN3O2S2/c1-8(11-5-3-10(7-15)4-6-11)17-21(18,19)12-9(2)16-13(14)20-12/h3-6,8,17H,1-2H3. The van der Waals surface area contributed by atoms with Gasteiger partial charge in [-0.3, -0.25) is 0 Å². The molecular formula is C13H12ClN3O2S2. The monoisotopic (exact) mass is 341 g/mol. The lowest BCUT2D eigenvalue weighted by Crippen LogP contribution is -2.26. The number of hydrogen-bond acceptors (Lipinski definition) is 5. The van der Waals surface area contributed by atoms with Gasteiger partial charge in [0.2, 0.25) is 0 Å². The zero-order valence-corrected chi connectivity index (χ0v) is 13.7. The highest BCUT2D eigenvalue weighted by Crippen LogP contribution is 2.28. The van der Waals surface area contributed by atoms with Crippen LogP contribution >= 0.6 is 22.9 Å². The van der Waals surface area contributed by atoms with Crippen LogP contribution < -0.4 is 4.72 Å². The van der Waals surface area contributed by atoms with Gasteiger partial charge in [0.25, 0.3) is 10.0 Å². The number of sulfonamides is 1. The summed E-state index contributed by atoms with van der Waals surface area (Å²) in [5.74, 6) is 0. The summed E-state index contributed by atoms with van der Waals surface area (Å²) in [6, 6.07) is 8.33. The molecule has 110 valence electrons. The fourth-order valence-corrected chi connectivity index (χ4v) is 4.79. The fraction of sp³-hybridized carbons (Fsp3) is 0.231. The van der Waals surface area contributed by atoms with E-state index >= 15 is 0 Å². The van der Waals surface area contributed by atoms with E-state index in [2.05, 4.69) is 9.71 Å². The van der Waals surface area contributed by atoms with Crippen molar-refractivity contribution < 1.29 is 8.42 Å². The first-order valence-electron chi connectivity index (χ1n) is 5.99. The van der Waals surface area contributed by atoms with E-state index in [-0.39, 0.29) is 8.68 Å². The lowest BCUT2D eigenvalue weighted by atomic mass is 10.1. The van der Waals surface area contributed by atoms with E-state index in [0.29, 0.717) is 11.3 Å². The van der Waals surface area contributed by atoms with Gasteiger partial charge in [0.1, 0.15) is 0 Å². The number of halogens is 1. The average molecular weight is 342 g/mol. The third kappa shape index (κ3) is 3.60. The highest BCUT2D eigenvalue weighted by molar-refractivity contribution is 7.91. The van der Waals surface area contributed by atoms with Crippen LogP contribution in [0.15, 0.2) is 28.5 Å². The van der Waals surface area contributed by atoms with Crippen molar-refractivity contribution in [3.05, 3.63) is 45.6 Å². The molecule has 0 spiro atoms. The lowest BCUT2D eigenvalue weighted by molar-refractivity contribution is 0.568. The molecule has 0 radical (unpaired) electrons. The Morgan fingerprint density at radius 1 is 1.38 bits per heavy atom. The van der Waals surface area contributed by atoms with Crippen LogP contribution in [0, 0.1) is 18.3 Å². The zero-order valence-electron chi connectivity index (χ0n) is 11.3. The zero-order chi connectivity index (χ0) is 15.6. The van der Waals surface area contributed by atoms with E-state index in [9.17, 15) is 8.42 Å². The molecule has 2 rings (SSSR count). The van der Waals surface area contributed by atoms with Crippen LogP contribution in [0.5, 0.6) is 0 Å². The SMILES string of the molecule is Cc1nc(Cl)sc1S(=O)(=O)NC(C)c1ccc(C#N)cc1. The Morgan fingerprint density at radius 3 is 2.48 bits per heavy atom. The van der Waals surface area contributed by atoms with Crippen LogP contribution in [-0.4, -0.2) is 13.4 Å². The highest BCUT2D eigenvalue weighted by atomic mass is 35.5. The molecule has 0 saturated heterocycles. The number of rotatable bonds is 4. The van der Waals surface area contributed by atoms with Gasteiger partial charge >= 0.3 is 0 Å². The van der Waals surface area contributed by atoms with E-state index < -0.39 is 16.1 Å². The minimum Gasteiger partial charge on any atom is -0.229 e. The van der Waals surface area contributed by atoms with Crippen LogP contribution in [-0.2, 0) is 10.0 Å². The third-order valence-corrected chi connectivity index (χ3v) is 6.26. The van der Waals surface area contributed by atoms with Gasteiger partial charge in [-0.2, -0.15) is 5.26 Å². The fourth-order valence-electron chi connectivity index (χ4n) is 1.80. The van der Waals surface area contributed by atoms with Gasteiger partial charge < -0.3 is 0 Å². The molecule has 1 unspecified atom stereocenters. The third-order valence-electron chi connectivity index (χ3n) is 2.84. The quantitative estimate of drug-likeness (QED) is 0.926. The van der Waals surface area contributed by atoms with Crippen molar-refractivity contribution in [3.8, 4) is 6.07 Å². The molecule has 0 saturated carbocycles. The van der Waals surface area contributed by atoms with E-state index in [1.807, 2.05) is 6.07 Å². The molecule has 0 amide bonds. The molecule has 2 aromatic rings. The molecule has 1 N–H and O–H groups in total. The average Bonchev–Trinajstić information content (AvgIpc) is 2.78. The van der Waals surface area contributed by atoms with Gasteiger partial charge in [-0.1, -0.05) is 35.1 Å². The van der Waals surface area contributed by atoms with Crippen LogP contribution in [0.25, 0.3) is 0 Å². The summed E-state index contributed by atoms with van der Waals surface area (Å²) in [7, 11) is -3.68. The maximum Gasteiger partial charge on any atom is 0.252 e. The van der Waals surface area contributed by atoms with E-state index in [1.165, 1.54) is 0 Å². The molecular weight excluding hydrogens is 330 g/mol. The molecule has 0 aliphatic carbocycles. The number of thiazole rings is 1. The number of aryl methyl sites for hydroxylation is 1. The van der Waals surface area contributed by atoms with Gasteiger partial charge in [-0.15, -0.1) is 0 Å². The molecule has 21 heavy (non-hydrogen) atoms. The van der Waals surface area contributed by atoms with Crippen molar-refractivity contribution in [1.82, 2.24) is 9.71 Å². The predicted molar refractivity (Wildman–Crippen MR) is 81.8 cm³/mol. The van der Waals surface area contributed by atoms with Crippen molar-refractivity contribution in [3.63, 3.8) is 0 Å². The molecule has 1 heterocycles. The maximum atomic E-state index is 12.3. The van der Waals surface area contributed by atoms with E-state index in [4.69, 9.17) is 16.9 Å². The second kappa shape index (κ2) is 6.12. The van der Waals surface area contributed by atoms with Crippen molar-refractivity contribution >= 4 is 33.0 Å². The molecule has 1 aromatic heterocycles. The molecule has 0 fully saturated rings. The first-order chi connectivity index (χ1) is 9.83. The van der Waals surface area contributed by atoms with Crippen molar-refractivity contribution in [2.75, 3.05) is 0 Å². The maximum absolute atomic E-state index is 12.3. The van der Waals surface area contributed by atoms with Crippen molar-refractivity contribution in [2.45, 2.75) is 24.1 Å². The summed E-state index contributed by atoms with van der Waals surface area (Å²) in [5, 5.41) is 8.76. The van der Waals surface area contributed by atoms with Gasteiger partial charge in [0.15, 0.2) is 8.68 Å². The van der Waals surface area contributed by atoms with Gasteiger partial charge in [-0.05, 0) is 31.5 Å². The second-order valence-electron chi connectivity index (χ2n) is 4.42. The Hall–Kier alpha value is -1.46. The molecule has 1 aromatic carbocycles. The first-order valence-corrected chi connectivity index (χ1v) is 8.66. The Labute approximate surface area is 132 Å². The summed E-state index contributed by atoms with van der Waals surface area (Å²) in [5.41, 5.74) is 1.68. The molecule has 0 bridgehead atoms. The Morgan fingerprint density at radius 2 is 2.00 bits per heavy atom. The largest absolute Gasteiger partial charge is 0.252 e. The van der Waals surface area contributed by atoms with Crippen molar-refractivity contribution in [2.24, 2.45) is 0 Å². The number of aromatic nitrogens is 1. The van der Waals surface area contributed by atoms with E-state index in [0.717, 1.165) is 16.9 Å². The van der Waals surface area contributed by atoms with Gasteiger partial charge in [0, 0.05) is 6.04 Å². The summed E-state index contributed by atoms with van der Waals surface area (Å²) >= 11 is 6.67. The molecule has 1 atom stereocenters. The Bertz CT molecular complexity index is 792. The number of benzene rings is 1. The minimum absolute atomic E-state index is 0.119. The summed E-state index contributed by atoms with van der Waals surface area (Å²) in [4.78, 5) is 3.91. The van der Waals surface area contributed by atoms with Gasteiger partial charge in [-0.25, -0.2) is 18.1 Å². The number of nitriles is 1. The van der Waals surface area contributed by atoms with Crippen molar-refractivity contribution in [1.29, 1.82) is 5.26 Å². The molecule has 0 aliphatic rings. The molecule has 0 aliphatic heterocycles. The number of nitrogens with zero attached hydrogens (tertiary/aromatic N) is 2. The predicted octanol–water partition coefficient (Wildman–Crippen LogP) is 3.02. The lowest BCUT2D eigenvalue weighted by Gasteiger charge is -2.14. The Kier molecular flexibility index (Phi) is 4.64. The highest BCUT2D eigenvalue weighted by Gasteiger charge is 2.23. The summed E-state index contributed by atoms with van der Waals surface area (Å²) in [6.07, 6.45) is 0. The smallest absolute Gasteiger partial charge is 0.229 e. The van der Waals surface area contributed by atoms with E-state index in [1.54, 1.807) is 38.1 Å². The molecule has 8 heteroatoms. The van der Waals surface area contributed by atoms with Crippen LogP contribution in [0.3, 0.4) is 0 Å². The van der Waals surface area contributed by atoms with Gasteiger partial charge in [0.05, 0.1) is 17.3 Å². The van der Waals surface area contributed by atoms with Crippen LogP contribution in [0.2, 0.25) is 4.47 Å². The topological polar surface area (TPSA) is 82.8 Å². The second-order valence-corrected chi connectivity index (χ2v) is 7.91. The number of hydrogen-bond donors (Lipinski definition) is 1. The normalized spacial score (nSPS) is 12.9.